The SMILES string of the molecule is c1ccc(-c2ccc(-n3c4ccccc4c4ccc(N(c5ccc6c(c5)C(c5ccccc5)(c5ccccc5-c5ccccc5)c5ccccc5-6)c5cccc6ccccc56)cc43)cc2)cc1. The second kappa shape index (κ2) is 15.8. The molecular formula is C65H44N2. The Morgan fingerprint density at radius 1 is 0.313 bits per heavy atom. The van der Waals surface area contributed by atoms with Crippen molar-refractivity contribution >= 4 is 49.6 Å². The summed E-state index contributed by atoms with van der Waals surface area (Å²) >= 11 is 0. The third-order valence-electron chi connectivity index (χ3n) is 14.1. The molecular weight excluding hydrogens is 809 g/mol. The molecule has 2 nitrogen and oxygen atoms in total. The minimum atomic E-state index is -0.623. The molecule has 0 spiro atoms. The maximum atomic E-state index is 2.49. The van der Waals surface area contributed by atoms with Crippen LogP contribution in [0.3, 0.4) is 0 Å². The van der Waals surface area contributed by atoms with E-state index in [2.05, 4.69) is 276 Å². The van der Waals surface area contributed by atoms with Gasteiger partial charge in [-0.15, -0.1) is 0 Å². The highest BCUT2D eigenvalue weighted by atomic mass is 15.1. The zero-order valence-corrected chi connectivity index (χ0v) is 36.8. The van der Waals surface area contributed by atoms with Crippen LogP contribution in [0.1, 0.15) is 22.3 Å². The largest absolute Gasteiger partial charge is 0.310 e. The number of fused-ring (bicyclic) bond motifs is 7. The Morgan fingerprint density at radius 2 is 0.851 bits per heavy atom. The van der Waals surface area contributed by atoms with Crippen molar-refractivity contribution in [3.8, 4) is 39.1 Å². The predicted molar refractivity (Wildman–Crippen MR) is 281 cm³/mol. The molecule has 0 fully saturated rings. The first-order chi connectivity index (χ1) is 33.3. The van der Waals surface area contributed by atoms with Crippen molar-refractivity contribution in [2.24, 2.45) is 0 Å². The maximum Gasteiger partial charge on any atom is 0.0720 e. The standard InChI is InChI=1S/C65H44N2/c1-4-19-45(20-5-1)46-35-37-50(38-36-46)67-63-33-17-14-30-57(63)58-42-40-52(44-64(58)67)66(62-34-18-24-48-23-10-11-28-54(48)62)51-39-41-56-55-29-13-16-32-60(55)65(61(56)43-51,49-25-8-3-9-26-49)59-31-15-12-27-53(59)47-21-6-2-7-22-47/h1-44H. The number of hydrogen-bond acceptors (Lipinski definition) is 1. The van der Waals surface area contributed by atoms with Gasteiger partial charge in [0.25, 0.3) is 0 Å². The van der Waals surface area contributed by atoms with E-state index >= 15 is 0 Å². The van der Waals surface area contributed by atoms with E-state index in [-0.39, 0.29) is 0 Å². The Labute approximate surface area is 390 Å². The van der Waals surface area contributed by atoms with Crippen molar-refractivity contribution in [3.05, 3.63) is 289 Å². The lowest BCUT2D eigenvalue weighted by Gasteiger charge is -2.36. The van der Waals surface area contributed by atoms with Crippen LogP contribution in [0, 0.1) is 0 Å². The molecule has 0 aliphatic heterocycles. The van der Waals surface area contributed by atoms with Crippen LogP contribution < -0.4 is 4.90 Å². The first-order valence-electron chi connectivity index (χ1n) is 23.2. The highest BCUT2D eigenvalue weighted by Crippen LogP contribution is 2.59. The van der Waals surface area contributed by atoms with Gasteiger partial charge in [-0.25, -0.2) is 0 Å². The Balaban J connectivity index is 1.08. The van der Waals surface area contributed by atoms with Crippen LogP contribution in [0.5, 0.6) is 0 Å². The summed E-state index contributed by atoms with van der Waals surface area (Å²) in [5, 5.41) is 4.83. The fourth-order valence-corrected chi connectivity index (χ4v) is 11.2. The lowest BCUT2D eigenvalue weighted by molar-refractivity contribution is 0.770. The van der Waals surface area contributed by atoms with Gasteiger partial charge in [0.05, 0.1) is 22.1 Å². The summed E-state index contributed by atoms with van der Waals surface area (Å²) in [6.45, 7) is 0. The van der Waals surface area contributed by atoms with Gasteiger partial charge in [-0.05, 0) is 110 Å². The van der Waals surface area contributed by atoms with Crippen molar-refractivity contribution in [3.63, 3.8) is 0 Å². The van der Waals surface area contributed by atoms with E-state index in [1.165, 1.54) is 82.7 Å². The van der Waals surface area contributed by atoms with Crippen molar-refractivity contribution < 1.29 is 0 Å². The molecule has 1 heterocycles. The summed E-state index contributed by atoms with van der Waals surface area (Å²) in [5.41, 5.74) is 18.5. The summed E-state index contributed by atoms with van der Waals surface area (Å²) in [7, 11) is 0. The molecule has 1 aromatic heterocycles. The number of anilines is 3. The first-order valence-corrected chi connectivity index (χ1v) is 23.2. The van der Waals surface area contributed by atoms with Crippen molar-refractivity contribution in [1.29, 1.82) is 0 Å². The molecule has 1 aliphatic rings. The van der Waals surface area contributed by atoms with Gasteiger partial charge in [0.15, 0.2) is 0 Å². The van der Waals surface area contributed by atoms with Crippen molar-refractivity contribution in [2.75, 3.05) is 4.90 Å². The summed E-state index contributed by atoms with van der Waals surface area (Å²) < 4.78 is 2.44. The topological polar surface area (TPSA) is 8.17 Å². The molecule has 0 saturated heterocycles. The average molecular weight is 853 g/mol. The molecule has 1 atom stereocenters. The Morgan fingerprint density at radius 3 is 1.63 bits per heavy atom. The predicted octanol–water partition coefficient (Wildman–Crippen LogP) is 17.1. The highest BCUT2D eigenvalue weighted by Gasteiger charge is 2.47. The van der Waals surface area contributed by atoms with Crippen LogP contribution >= 0.6 is 0 Å². The molecule has 1 aliphatic carbocycles. The van der Waals surface area contributed by atoms with E-state index in [4.69, 9.17) is 0 Å². The monoisotopic (exact) mass is 852 g/mol. The lowest BCUT2D eigenvalue weighted by Crippen LogP contribution is -2.29. The Hall–Kier alpha value is -8.72. The summed E-state index contributed by atoms with van der Waals surface area (Å²) in [6.07, 6.45) is 0. The Kier molecular flexibility index (Phi) is 9.11. The van der Waals surface area contributed by atoms with Gasteiger partial charge in [0, 0.05) is 33.2 Å². The fraction of sp³-hybridized carbons (Fsp3) is 0.0154. The van der Waals surface area contributed by atoms with Gasteiger partial charge in [-0.2, -0.15) is 0 Å². The van der Waals surface area contributed by atoms with E-state index < -0.39 is 5.41 Å². The van der Waals surface area contributed by atoms with Gasteiger partial charge in [0.1, 0.15) is 0 Å². The van der Waals surface area contributed by atoms with Crippen LogP contribution in [-0.2, 0) is 5.41 Å². The third-order valence-corrected chi connectivity index (χ3v) is 14.1. The molecule has 12 aromatic rings. The van der Waals surface area contributed by atoms with Crippen LogP contribution in [0.2, 0.25) is 0 Å². The van der Waals surface area contributed by atoms with Crippen molar-refractivity contribution in [2.45, 2.75) is 5.41 Å². The fourth-order valence-electron chi connectivity index (χ4n) is 11.2. The van der Waals surface area contributed by atoms with Gasteiger partial charge < -0.3 is 9.47 Å². The molecule has 2 heteroatoms. The van der Waals surface area contributed by atoms with E-state index in [9.17, 15) is 0 Å². The first kappa shape index (κ1) is 38.7. The molecule has 0 radical (unpaired) electrons. The molecule has 13 rings (SSSR count). The van der Waals surface area contributed by atoms with Crippen LogP contribution in [0.25, 0.3) is 71.6 Å². The minimum absolute atomic E-state index is 0.623. The summed E-state index contributed by atoms with van der Waals surface area (Å²) in [5.74, 6) is 0. The smallest absolute Gasteiger partial charge is 0.0720 e. The average Bonchev–Trinajstić information content (AvgIpc) is 3.90. The number of rotatable bonds is 8. The second-order valence-electron chi connectivity index (χ2n) is 17.6. The molecule has 1 unspecified atom stereocenters. The molecule has 0 amide bonds. The normalized spacial score (nSPS) is 14.0. The molecule has 0 N–H and O–H groups in total. The van der Waals surface area contributed by atoms with Crippen LogP contribution in [0.4, 0.5) is 17.1 Å². The Bertz CT molecular complexity index is 3790. The highest BCUT2D eigenvalue weighted by molar-refractivity contribution is 6.11. The number of aromatic nitrogens is 1. The number of hydrogen-bond donors (Lipinski definition) is 0. The number of para-hydroxylation sites is 1. The van der Waals surface area contributed by atoms with E-state index in [1.54, 1.807) is 0 Å². The quantitative estimate of drug-likeness (QED) is 0.148. The zero-order chi connectivity index (χ0) is 44.3. The van der Waals surface area contributed by atoms with Crippen LogP contribution in [-0.4, -0.2) is 4.57 Å². The molecule has 0 bridgehead atoms. The second-order valence-corrected chi connectivity index (χ2v) is 17.6. The number of benzene rings is 11. The van der Waals surface area contributed by atoms with Gasteiger partial charge >= 0.3 is 0 Å². The van der Waals surface area contributed by atoms with E-state index in [1.807, 2.05) is 0 Å². The van der Waals surface area contributed by atoms with Gasteiger partial charge in [-0.3, -0.25) is 0 Å². The molecule has 314 valence electrons. The van der Waals surface area contributed by atoms with Gasteiger partial charge in [-0.1, -0.05) is 218 Å². The minimum Gasteiger partial charge on any atom is -0.310 e. The zero-order valence-electron chi connectivity index (χ0n) is 36.8. The van der Waals surface area contributed by atoms with E-state index in [0.29, 0.717) is 0 Å². The lowest BCUT2D eigenvalue weighted by atomic mass is 9.66. The molecule has 0 saturated carbocycles. The van der Waals surface area contributed by atoms with Gasteiger partial charge in [0.2, 0.25) is 0 Å². The third kappa shape index (κ3) is 6.11. The summed E-state index contributed by atoms with van der Waals surface area (Å²) in [6, 6.07) is 98.3. The maximum absolute atomic E-state index is 2.49. The number of nitrogens with zero attached hydrogens (tertiary/aromatic N) is 2. The van der Waals surface area contributed by atoms with E-state index in [0.717, 1.165) is 28.3 Å². The summed E-state index contributed by atoms with van der Waals surface area (Å²) in [4.78, 5) is 2.49. The van der Waals surface area contributed by atoms with Crippen molar-refractivity contribution in [1.82, 2.24) is 4.57 Å². The molecule has 11 aromatic carbocycles. The van der Waals surface area contributed by atoms with Crippen LogP contribution in [0.15, 0.2) is 267 Å². The molecule has 67 heavy (non-hydrogen) atoms.